The van der Waals surface area contributed by atoms with Crippen LogP contribution in [0, 0.1) is 5.41 Å². The second kappa shape index (κ2) is 2.86. The first-order valence-electron chi connectivity index (χ1n) is 4.43. The van der Waals surface area contributed by atoms with Crippen LogP contribution in [0.5, 0.6) is 0 Å². The molecule has 2 rings (SSSR count). The fraction of sp³-hybridized carbons (Fsp3) is 0.600. The number of rotatable bonds is 3. The van der Waals surface area contributed by atoms with Crippen LogP contribution in [0.1, 0.15) is 25.8 Å². The molecule has 66 valence electrons. The summed E-state index contributed by atoms with van der Waals surface area (Å²) in [5, 5.41) is 7.90. The van der Waals surface area contributed by atoms with Gasteiger partial charge >= 0.3 is 0 Å². The van der Waals surface area contributed by atoms with Crippen LogP contribution >= 0.6 is 11.3 Å². The minimum absolute atomic E-state index is 0.552. The minimum Gasteiger partial charge on any atom is -0.309 e. The standard InChI is InChI=1S/C10H15NS/c1-10(2)5-9(10)11-6-8-3-4-12-7-8/h3-4,7,9,11H,5-6H2,1-2H3. The fourth-order valence-electron chi connectivity index (χ4n) is 1.45. The fourth-order valence-corrected chi connectivity index (χ4v) is 2.12. The summed E-state index contributed by atoms with van der Waals surface area (Å²) in [6.07, 6.45) is 1.33. The molecule has 0 aliphatic heterocycles. The van der Waals surface area contributed by atoms with Gasteiger partial charge < -0.3 is 5.32 Å². The number of hydrogen-bond donors (Lipinski definition) is 1. The summed E-state index contributed by atoms with van der Waals surface area (Å²) in [4.78, 5) is 0. The van der Waals surface area contributed by atoms with Crippen molar-refractivity contribution in [1.29, 1.82) is 0 Å². The van der Waals surface area contributed by atoms with E-state index >= 15 is 0 Å². The highest BCUT2D eigenvalue weighted by Crippen LogP contribution is 2.44. The Morgan fingerprint density at radius 2 is 2.42 bits per heavy atom. The van der Waals surface area contributed by atoms with Crippen LogP contribution in [0.2, 0.25) is 0 Å². The lowest BCUT2D eigenvalue weighted by Crippen LogP contribution is -2.19. The summed E-state index contributed by atoms with van der Waals surface area (Å²) in [7, 11) is 0. The highest BCUT2D eigenvalue weighted by molar-refractivity contribution is 7.07. The molecule has 0 amide bonds. The quantitative estimate of drug-likeness (QED) is 0.756. The van der Waals surface area contributed by atoms with Crippen LogP contribution in [0.3, 0.4) is 0 Å². The van der Waals surface area contributed by atoms with E-state index in [1.807, 2.05) is 0 Å². The maximum Gasteiger partial charge on any atom is 0.0216 e. The number of hydrogen-bond acceptors (Lipinski definition) is 2. The predicted molar refractivity (Wildman–Crippen MR) is 53.3 cm³/mol. The molecular weight excluding hydrogens is 166 g/mol. The maximum absolute atomic E-state index is 3.56. The van der Waals surface area contributed by atoms with Crippen molar-refractivity contribution in [3.8, 4) is 0 Å². The SMILES string of the molecule is CC1(C)CC1NCc1ccsc1. The van der Waals surface area contributed by atoms with Crippen molar-refractivity contribution in [3.63, 3.8) is 0 Å². The van der Waals surface area contributed by atoms with Crippen molar-refractivity contribution >= 4 is 11.3 Å². The third-order valence-corrected chi connectivity index (χ3v) is 3.38. The Balaban J connectivity index is 1.78. The van der Waals surface area contributed by atoms with Gasteiger partial charge in [-0.2, -0.15) is 11.3 Å². The van der Waals surface area contributed by atoms with Crippen molar-refractivity contribution in [2.45, 2.75) is 32.9 Å². The van der Waals surface area contributed by atoms with Crippen molar-refractivity contribution in [1.82, 2.24) is 5.32 Å². The zero-order valence-corrected chi connectivity index (χ0v) is 8.45. The summed E-state index contributed by atoms with van der Waals surface area (Å²) in [5.74, 6) is 0. The van der Waals surface area contributed by atoms with Crippen molar-refractivity contribution < 1.29 is 0 Å². The molecule has 1 aliphatic carbocycles. The van der Waals surface area contributed by atoms with E-state index in [-0.39, 0.29) is 0 Å². The van der Waals surface area contributed by atoms with Crippen LogP contribution in [0.4, 0.5) is 0 Å². The van der Waals surface area contributed by atoms with Crippen LogP contribution in [0.15, 0.2) is 16.8 Å². The first-order chi connectivity index (χ1) is 5.68. The Morgan fingerprint density at radius 1 is 1.67 bits per heavy atom. The van der Waals surface area contributed by atoms with E-state index in [2.05, 4.69) is 36.0 Å². The lowest BCUT2D eigenvalue weighted by atomic mass is 10.2. The van der Waals surface area contributed by atoms with E-state index in [9.17, 15) is 0 Å². The van der Waals surface area contributed by atoms with E-state index < -0.39 is 0 Å². The smallest absolute Gasteiger partial charge is 0.0216 e. The molecule has 0 aromatic carbocycles. The van der Waals surface area contributed by atoms with Gasteiger partial charge in [-0.05, 0) is 34.2 Å². The van der Waals surface area contributed by atoms with Gasteiger partial charge in [0.05, 0.1) is 0 Å². The first kappa shape index (κ1) is 8.27. The van der Waals surface area contributed by atoms with Gasteiger partial charge in [0.2, 0.25) is 0 Å². The number of thiophene rings is 1. The van der Waals surface area contributed by atoms with Crippen molar-refractivity contribution in [3.05, 3.63) is 22.4 Å². The van der Waals surface area contributed by atoms with Gasteiger partial charge in [0.1, 0.15) is 0 Å². The molecule has 0 spiro atoms. The average molecular weight is 181 g/mol. The predicted octanol–water partition coefficient (Wildman–Crippen LogP) is 2.64. The van der Waals surface area contributed by atoms with Gasteiger partial charge in [-0.25, -0.2) is 0 Å². The van der Waals surface area contributed by atoms with E-state index in [1.54, 1.807) is 11.3 Å². The summed E-state index contributed by atoms with van der Waals surface area (Å²) in [6.45, 7) is 5.67. The van der Waals surface area contributed by atoms with Gasteiger partial charge in [0, 0.05) is 12.6 Å². The molecule has 1 N–H and O–H groups in total. The Bertz CT molecular complexity index is 251. The topological polar surface area (TPSA) is 12.0 Å². The number of nitrogens with one attached hydrogen (secondary N) is 1. The third kappa shape index (κ3) is 1.70. The lowest BCUT2D eigenvalue weighted by Gasteiger charge is -2.04. The Labute approximate surface area is 77.8 Å². The molecule has 1 saturated carbocycles. The second-order valence-electron chi connectivity index (χ2n) is 4.26. The largest absolute Gasteiger partial charge is 0.309 e. The van der Waals surface area contributed by atoms with Crippen LogP contribution in [-0.2, 0) is 6.54 Å². The Kier molecular flexibility index (Phi) is 1.97. The third-order valence-electron chi connectivity index (χ3n) is 2.65. The van der Waals surface area contributed by atoms with Gasteiger partial charge in [-0.15, -0.1) is 0 Å². The van der Waals surface area contributed by atoms with Crippen molar-refractivity contribution in [2.24, 2.45) is 5.41 Å². The molecule has 1 aliphatic rings. The van der Waals surface area contributed by atoms with E-state index in [1.165, 1.54) is 12.0 Å². The molecular formula is C10H15NS. The molecule has 12 heavy (non-hydrogen) atoms. The molecule has 1 heterocycles. The van der Waals surface area contributed by atoms with Crippen molar-refractivity contribution in [2.75, 3.05) is 0 Å². The summed E-state index contributed by atoms with van der Waals surface area (Å²) in [6, 6.07) is 2.94. The van der Waals surface area contributed by atoms with Crippen LogP contribution in [0.25, 0.3) is 0 Å². The highest BCUT2D eigenvalue weighted by Gasteiger charge is 2.44. The maximum atomic E-state index is 3.56. The highest BCUT2D eigenvalue weighted by atomic mass is 32.1. The minimum atomic E-state index is 0.552. The molecule has 2 heteroatoms. The summed E-state index contributed by atoms with van der Waals surface area (Å²) >= 11 is 1.77. The molecule has 1 nitrogen and oxygen atoms in total. The molecule has 0 bridgehead atoms. The van der Waals surface area contributed by atoms with Crippen LogP contribution in [-0.4, -0.2) is 6.04 Å². The zero-order chi connectivity index (χ0) is 8.60. The van der Waals surface area contributed by atoms with E-state index in [4.69, 9.17) is 0 Å². The monoisotopic (exact) mass is 181 g/mol. The molecule has 0 saturated heterocycles. The van der Waals surface area contributed by atoms with Crippen LogP contribution < -0.4 is 5.32 Å². The first-order valence-corrected chi connectivity index (χ1v) is 5.37. The molecule has 1 atom stereocenters. The van der Waals surface area contributed by atoms with Gasteiger partial charge in [0.15, 0.2) is 0 Å². The average Bonchev–Trinajstić information content (AvgIpc) is 2.54. The Morgan fingerprint density at radius 3 is 2.92 bits per heavy atom. The molecule has 0 radical (unpaired) electrons. The van der Waals surface area contributed by atoms with Gasteiger partial charge in [0.25, 0.3) is 0 Å². The van der Waals surface area contributed by atoms with E-state index in [0.29, 0.717) is 5.41 Å². The normalized spacial score (nSPS) is 25.7. The lowest BCUT2D eigenvalue weighted by molar-refractivity contribution is 0.542. The van der Waals surface area contributed by atoms with E-state index in [0.717, 1.165) is 12.6 Å². The second-order valence-corrected chi connectivity index (χ2v) is 5.04. The van der Waals surface area contributed by atoms with Gasteiger partial charge in [-0.3, -0.25) is 0 Å². The summed E-state index contributed by atoms with van der Waals surface area (Å²) in [5.41, 5.74) is 1.97. The zero-order valence-electron chi connectivity index (χ0n) is 7.63. The molecule has 1 aromatic heterocycles. The molecule has 1 fully saturated rings. The molecule has 1 aromatic rings. The van der Waals surface area contributed by atoms with Gasteiger partial charge in [-0.1, -0.05) is 13.8 Å². The molecule has 1 unspecified atom stereocenters. The Hall–Kier alpha value is -0.340. The summed E-state index contributed by atoms with van der Waals surface area (Å²) < 4.78 is 0.